The summed E-state index contributed by atoms with van der Waals surface area (Å²) in [6.45, 7) is 3.92. The van der Waals surface area contributed by atoms with Gasteiger partial charge in [0.2, 0.25) is 0 Å². The fraction of sp³-hybridized carbons (Fsp3) is 0.562. The third kappa shape index (κ3) is 2.92. The number of piperidine rings is 1. The lowest BCUT2D eigenvalue weighted by atomic mass is 10.0. The minimum Gasteiger partial charge on any atom is -0.325 e. The topological polar surface area (TPSA) is 21.1 Å². The molecule has 3 nitrogen and oxygen atoms in total. The number of nitrogens with zero attached hydrogens (tertiary/aromatic N) is 3. The van der Waals surface area contributed by atoms with Gasteiger partial charge in [-0.2, -0.15) is 0 Å². The summed E-state index contributed by atoms with van der Waals surface area (Å²) in [5.41, 5.74) is 1.66. The highest BCUT2D eigenvalue weighted by Crippen LogP contribution is 2.27. The SMILES string of the molecule is CC(Cl)c1nc2cc(F)ccc2n1CC1CCCCN1C. The van der Waals surface area contributed by atoms with Crippen LogP contribution >= 0.6 is 11.6 Å². The normalized spacial score (nSPS) is 21.8. The summed E-state index contributed by atoms with van der Waals surface area (Å²) >= 11 is 6.28. The van der Waals surface area contributed by atoms with Gasteiger partial charge >= 0.3 is 0 Å². The fourth-order valence-corrected chi connectivity index (χ4v) is 3.37. The number of hydrogen-bond donors (Lipinski definition) is 0. The Kier molecular flexibility index (Phi) is 4.18. The number of rotatable bonds is 3. The second-order valence-corrected chi connectivity index (χ2v) is 6.61. The monoisotopic (exact) mass is 309 g/mol. The predicted molar refractivity (Wildman–Crippen MR) is 84.2 cm³/mol. The van der Waals surface area contributed by atoms with Crippen molar-refractivity contribution < 1.29 is 4.39 Å². The van der Waals surface area contributed by atoms with Crippen molar-refractivity contribution >= 4 is 22.6 Å². The first-order chi connectivity index (χ1) is 10.1. The first-order valence-corrected chi connectivity index (χ1v) is 8.00. The summed E-state index contributed by atoms with van der Waals surface area (Å²) in [7, 11) is 2.17. The highest BCUT2D eigenvalue weighted by molar-refractivity contribution is 6.20. The van der Waals surface area contributed by atoms with Crippen molar-refractivity contribution in [1.82, 2.24) is 14.5 Å². The second kappa shape index (κ2) is 5.93. The predicted octanol–water partition coefficient (Wildman–Crippen LogP) is 3.96. The van der Waals surface area contributed by atoms with Crippen molar-refractivity contribution in [3.63, 3.8) is 0 Å². The van der Waals surface area contributed by atoms with E-state index < -0.39 is 0 Å². The Morgan fingerprint density at radius 2 is 2.24 bits per heavy atom. The van der Waals surface area contributed by atoms with Crippen LogP contribution in [0.4, 0.5) is 4.39 Å². The third-order valence-corrected chi connectivity index (χ3v) is 4.61. The zero-order valence-electron chi connectivity index (χ0n) is 12.5. The van der Waals surface area contributed by atoms with Crippen molar-refractivity contribution in [3.8, 4) is 0 Å². The Morgan fingerprint density at radius 1 is 1.43 bits per heavy atom. The number of imidazole rings is 1. The van der Waals surface area contributed by atoms with Gasteiger partial charge in [0.15, 0.2) is 0 Å². The van der Waals surface area contributed by atoms with Gasteiger partial charge in [-0.1, -0.05) is 6.42 Å². The van der Waals surface area contributed by atoms with Crippen LogP contribution in [0.1, 0.15) is 37.4 Å². The fourth-order valence-electron chi connectivity index (χ4n) is 3.20. The molecule has 0 aliphatic carbocycles. The largest absolute Gasteiger partial charge is 0.325 e. The lowest BCUT2D eigenvalue weighted by Crippen LogP contribution is -2.39. The van der Waals surface area contributed by atoms with Crippen LogP contribution in [0.2, 0.25) is 0 Å². The molecule has 0 N–H and O–H groups in total. The lowest BCUT2D eigenvalue weighted by Gasteiger charge is -2.33. The van der Waals surface area contributed by atoms with E-state index in [9.17, 15) is 4.39 Å². The van der Waals surface area contributed by atoms with E-state index in [-0.39, 0.29) is 11.2 Å². The molecule has 0 saturated carbocycles. The molecule has 0 bridgehead atoms. The molecule has 1 aliphatic rings. The van der Waals surface area contributed by atoms with Crippen LogP contribution in [0.15, 0.2) is 18.2 Å². The molecule has 3 rings (SSSR count). The van der Waals surface area contributed by atoms with E-state index in [1.165, 1.54) is 31.4 Å². The molecule has 1 aromatic carbocycles. The Bertz CT molecular complexity index is 638. The van der Waals surface area contributed by atoms with Gasteiger partial charge in [-0.3, -0.25) is 0 Å². The van der Waals surface area contributed by atoms with Gasteiger partial charge in [0.05, 0.1) is 16.4 Å². The Balaban J connectivity index is 2.00. The molecule has 2 heterocycles. The molecule has 0 amide bonds. The van der Waals surface area contributed by atoms with E-state index in [0.717, 1.165) is 24.4 Å². The van der Waals surface area contributed by atoms with E-state index in [0.29, 0.717) is 11.6 Å². The number of fused-ring (bicyclic) bond motifs is 1. The standard InChI is InChI=1S/C16H21ClFN3/c1-11(17)16-19-14-9-12(18)6-7-15(14)21(16)10-13-5-3-4-8-20(13)2/h6-7,9,11,13H,3-5,8,10H2,1-2H3. The minimum atomic E-state index is -0.254. The van der Waals surface area contributed by atoms with E-state index >= 15 is 0 Å². The number of benzene rings is 1. The molecule has 1 aliphatic heterocycles. The molecular weight excluding hydrogens is 289 g/mol. The van der Waals surface area contributed by atoms with Crippen molar-refractivity contribution in [1.29, 1.82) is 0 Å². The van der Waals surface area contributed by atoms with Gasteiger partial charge in [-0.05, 0) is 45.5 Å². The maximum Gasteiger partial charge on any atom is 0.127 e. The average Bonchev–Trinajstić information content (AvgIpc) is 2.79. The summed E-state index contributed by atoms with van der Waals surface area (Å²) < 4.78 is 15.6. The zero-order chi connectivity index (χ0) is 15.0. The molecule has 2 atom stereocenters. The minimum absolute atomic E-state index is 0.186. The van der Waals surface area contributed by atoms with Crippen LogP contribution < -0.4 is 0 Å². The van der Waals surface area contributed by atoms with E-state index in [4.69, 9.17) is 11.6 Å². The molecule has 0 spiro atoms. The summed E-state index contributed by atoms with van der Waals surface area (Å²) in [6, 6.07) is 5.28. The maximum atomic E-state index is 13.4. The summed E-state index contributed by atoms with van der Waals surface area (Å²) in [5.74, 6) is 0.576. The molecule has 21 heavy (non-hydrogen) atoms. The number of halogens is 2. The van der Waals surface area contributed by atoms with Gasteiger partial charge in [0.25, 0.3) is 0 Å². The number of likely N-dealkylation sites (N-methyl/N-ethyl adjacent to an activating group) is 1. The molecule has 114 valence electrons. The summed E-state index contributed by atoms with van der Waals surface area (Å²) in [5, 5.41) is -0.186. The van der Waals surface area contributed by atoms with Crippen molar-refractivity contribution in [2.75, 3.05) is 13.6 Å². The average molecular weight is 310 g/mol. The van der Waals surface area contributed by atoms with Crippen LogP contribution in [0.3, 0.4) is 0 Å². The Morgan fingerprint density at radius 3 is 2.95 bits per heavy atom. The quantitative estimate of drug-likeness (QED) is 0.800. The molecule has 0 radical (unpaired) electrons. The van der Waals surface area contributed by atoms with Crippen molar-refractivity contribution in [2.45, 2.75) is 44.1 Å². The third-order valence-electron chi connectivity index (χ3n) is 4.41. The van der Waals surface area contributed by atoms with Crippen LogP contribution in [0.5, 0.6) is 0 Å². The maximum absolute atomic E-state index is 13.4. The van der Waals surface area contributed by atoms with Gasteiger partial charge < -0.3 is 9.47 Å². The number of alkyl halides is 1. The Hall–Kier alpha value is -1.13. The van der Waals surface area contributed by atoms with Gasteiger partial charge in [-0.15, -0.1) is 11.6 Å². The smallest absolute Gasteiger partial charge is 0.127 e. The van der Waals surface area contributed by atoms with Crippen molar-refractivity contribution in [2.24, 2.45) is 0 Å². The zero-order valence-corrected chi connectivity index (χ0v) is 13.3. The molecule has 1 aromatic heterocycles. The highest BCUT2D eigenvalue weighted by Gasteiger charge is 2.23. The van der Waals surface area contributed by atoms with Gasteiger partial charge in [0.1, 0.15) is 11.6 Å². The molecule has 2 unspecified atom stereocenters. The summed E-state index contributed by atoms with van der Waals surface area (Å²) in [4.78, 5) is 6.94. The van der Waals surface area contributed by atoms with E-state index in [1.807, 2.05) is 13.0 Å². The number of hydrogen-bond acceptors (Lipinski definition) is 2. The Labute approximate surface area is 129 Å². The summed E-state index contributed by atoms with van der Waals surface area (Å²) in [6.07, 6.45) is 3.72. The van der Waals surface area contributed by atoms with E-state index in [1.54, 1.807) is 0 Å². The highest BCUT2D eigenvalue weighted by atomic mass is 35.5. The molecular formula is C16H21ClFN3. The first-order valence-electron chi connectivity index (χ1n) is 7.56. The second-order valence-electron chi connectivity index (χ2n) is 5.96. The molecule has 5 heteroatoms. The van der Waals surface area contributed by atoms with Gasteiger partial charge in [-0.25, -0.2) is 9.37 Å². The number of likely N-dealkylation sites (tertiary alicyclic amines) is 1. The van der Waals surface area contributed by atoms with Crippen LogP contribution in [0, 0.1) is 5.82 Å². The van der Waals surface area contributed by atoms with Crippen LogP contribution in [-0.2, 0) is 6.54 Å². The van der Waals surface area contributed by atoms with Crippen LogP contribution in [-0.4, -0.2) is 34.1 Å². The molecule has 2 aromatic rings. The van der Waals surface area contributed by atoms with E-state index in [2.05, 4.69) is 21.5 Å². The first kappa shape index (κ1) is 14.8. The van der Waals surface area contributed by atoms with Gasteiger partial charge in [0, 0.05) is 18.7 Å². The molecule has 1 saturated heterocycles. The molecule has 1 fully saturated rings. The number of aromatic nitrogens is 2. The van der Waals surface area contributed by atoms with Crippen LogP contribution in [0.25, 0.3) is 11.0 Å². The van der Waals surface area contributed by atoms with Crippen molar-refractivity contribution in [3.05, 3.63) is 29.8 Å². The lowest BCUT2D eigenvalue weighted by molar-refractivity contribution is 0.167.